The molecule has 2 aromatic rings. The molecule has 0 bridgehead atoms. The van der Waals surface area contributed by atoms with Gasteiger partial charge in [0.25, 0.3) is 0 Å². The lowest BCUT2D eigenvalue weighted by Gasteiger charge is -2.29. The number of morpholine rings is 1. The minimum atomic E-state index is 0. The van der Waals surface area contributed by atoms with Crippen LogP contribution in [0.2, 0.25) is 0 Å². The molecule has 2 aliphatic rings. The number of anilines is 2. The van der Waals surface area contributed by atoms with Crippen LogP contribution in [0, 0.1) is 0 Å². The number of benzene rings is 1. The van der Waals surface area contributed by atoms with E-state index in [1.54, 1.807) is 6.33 Å². The van der Waals surface area contributed by atoms with Crippen LogP contribution >= 0.6 is 12.4 Å². The second-order valence-electron chi connectivity index (χ2n) is 7.21. The third kappa shape index (κ3) is 4.57. The van der Waals surface area contributed by atoms with E-state index in [1.165, 1.54) is 50.6 Å². The molecule has 0 amide bonds. The molecule has 6 heteroatoms. The van der Waals surface area contributed by atoms with Gasteiger partial charge in [0.1, 0.15) is 12.1 Å². The highest BCUT2D eigenvalue weighted by molar-refractivity contribution is 5.91. The van der Waals surface area contributed by atoms with Gasteiger partial charge in [-0.15, -0.1) is 12.4 Å². The van der Waals surface area contributed by atoms with E-state index in [2.05, 4.69) is 38.4 Å². The van der Waals surface area contributed by atoms with Gasteiger partial charge in [0, 0.05) is 30.2 Å². The largest absolute Gasteiger partial charge is 0.378 e. The topological polar surface area (TPSA) is 50.3 Å². The van der Waals surface area contributed by atoms with Gasteiger partial charge in [0.05, 0.1) is 18.7 Å². The fraction of sp³-hybridized carbons (Fsp3) is 0.600. The lowest BCUT2D eigenvalue weighted by Crippen LogP contribution is -2.36. The van der Waals surface area contributed by atoms with E-state index in [9.17, 15) is 0 Å². The summed E-state index contributed by atoms with van der Waals surface area (Å²) in [6.07, 6.45) is 10.9. The Kier molecular flexibility index (Phi) is 6.92. The summed E-state index contributed by atoms with van der Waals surface area (Å²) >= 11 is 0. The van der Waals surface area contributed by atoms with Crippen molar-refractivity contribution in [1.29, 1.82) is 0 Å². The van der Waals surface area contributed by atoms with Gasteiger partial charge < -0.3 is 15.0 Å². The molecule has 26 heavy (non-hydrogen) atoms. The Morgan fingerprint density at radius 3 is 2.46 bits per heavy atom. The summed E-state index contributed by atoms with van der Waals surface area (Å²) in [5, 5.41) is 4.86. The van der Waals surface area contributed by atoms with E-state index in [1.807, 2.05) is 0 Å². The number of nitrogens with one attached hydrogen (secondary N) is 1. The van der Waals surface area contributed by atoms with E-state index >= 15 is 0 Å². The van der Waals surface area contributed by atoms with Gasteiger partial charge in [0.2, 0.25) is 0 Å². The average molecular weight is 377 g/mol. The maximum Gasteiger partial charge on any atom is 0.137 e. The number of halogens is 1. The van der Waals surface area contributed by atoms with Crippen molar-refractivity contribution in [2.75, 3.05) is 36.5 Å². The zero-order chi connectivity index (χ0) is 16.9. The third-order valence-corrected chi connectivity index (χ3v) is 5.44. The molecule has 2 fully saturated rings. The number of aromatic nitrogens is 2. The first-order valence-electron chi connectivity index (χ1n) is 9.74. The minimum absolute atomic E-state index is 0. The SMILES string of the molecule is Cl.c1nc(NC2CCCCCCC2)c2cc(N3CCOCC3)ccc2n1. The third-order valence-electron chi connectivity index (χ3n) is 5.44. The number of ether oxygens (including phenoxy) is 1. The standard InChI is InChI=1S/C20H28N4O.ClH/c1-2-4-6-16(7-5-3-1)23-20-18-14-17(24-10-12-25-13-11-24)8-9-19(18)21-15-22-20;/h8-9,14-16H,1-7,10-13H2,(H,21,22,23);1H. The van der Waals surface area contributed by atoms with Crippen molar-refractivity contribution in [1.82, 2.24) is 9.97 Å². The number of nitrogens with zero attached hydrogens (tertiary/aromatic N) is 3. The molecule has 5 nitrogen and oxygen atoms in total. The normalized spacial score (nSPS) is 19.5. The van der Waals surface area contributed by atoms with Gasteiger partial charge >= 0.3 is 0 Å². The van der Waals surface area contributed by atoms with Gasteiger partial charge in [-0.05, 0) is 31.0 Å². The zero-order valence-corrected chi connectivity index (χ0v) is 16.1. The van der Waals surface area contributed by atoms with Gasteiger partial charge in [-0.25, -0.2) is 9.97 Å². The Labute approximate surface area is 161 Å². The second kappa shape index (κ2) is 9.38. The van der Waals surface area contributed by atoms with Crippen LogP contribution in [0.15, 0.2) is 24.5 Å². The van der Waals surface area contributed by atoms with E-state index in [-0.39, 0.29) is 12.4 Å². The number of fused-ring (bicyclic) bond motifs is 1. The molecular formula is C20H29ClN4O. The Bertz CT molecular complexity index is 697. The molecular weight excluding hydrogens is 348 g/mol. The Balaban J connectivity index is 0.00000196. The smallest absolute Gasteiger partial charge is 0.137 e. The van der Waals surface area contributed by atoms with Crippen LogP contribution in [0.1, 0.15) is 44.9 Å². The quantitative estimate of drug-likeness (QED) is 0.859. The highest BCUT2D eigenvalue weighted by Gasteiger charge is 2.16. The lowest BCUT2D eigenvalue weighted by molar-refractivity contribution is 0.122. The molecule has 0 atom stereocenters. The van der Waals surface area contributed by atoms with Crippen molar-refractivity contribution < 1.29 is 4.74 Å². The first-order chi connectivity index (χ1) is 12.4. The van der Waals surface area contributed by atoms with Crippen LogP contribution in [-0.4, -0.2) is 42.3 Å². The Morgan fingerprint density at radius 1 is 0.962 bits per heavy atom. The van der Waals surface area contributed by atoms with Crippen LogP contribution in [-0.2, 0) is 4.74 Å². The van der Waals surface area contributed by atoms with Gasteiger partial charge in [-0.3, -0.25) is 0 Å². The van der Waals surface area contributed by atoms with Crippen molar-refractivity contribution in [3.05, 3.63) is 24.5 Å². The summed E-state index contributed by atoms with van der Waals surface area (Å²) in [4.78, 5) is 11.4. The molecule has 0 spiro atoms. The first-order valence-corrected chi connectivity index (χ1v) is 9.74. The monoisotopic (exact) mass is 376 g/mol. The van der Waals surface area contributed by atoms with E-state index in [0.29, 0.717) is 6.04 Å². The van der Waals surface area contributed by atoms with Gasteiger partial charge in [0.15, 0.2) is 0 Å². The fourth-order valence-corrected chi connectivity index (χ4v) is 3.97. The van der Waals surface area contributed by atoms with Crippen molar-refractivity contribution >= 4 is 34.8 Å². The number of rotatable bonds is 3. The number of hydrogen-bond donors (Lipinski definition) is 1. The van der Waals surface area contributed by atoms with Crippen LogP contribution in [0.25, 0.3) is 10.9 Å². The molecule has 0 radical (unpaired) electrons. The summed E-state index contributed by atoms with van der Waals surface area (Å²) in [7, 11) is 0. The average Bonchev–Trinajstić information content (AvgIpc) is 2.64. The predicted octanol–water partition coefficient (Wildman–Crippen LogP) is 4.41. The van der Waals surface area contributed by atoms with Crippen molar-refractivity contribution in [3.63, 3.8) is 0 Å². The van der Waals surface area contributed by atoms with Crippen LogP contribution in [0.4, 0.5) is 11.5 Å². The maximum absolute atomic E-state index is 5.48. The highest BCUT2D eigenvalue weighted by Crippen LogP contribution is 2.28. The molecule has 2 heterocycles. The molecule has 1 N–H and O–H groups in total. The van der Waals surface area contributed by atoms with Crippen LogP contribution < -0.4 is 10.2 Å². The van der Waals surface area contributed by atoms with Crippen molar-refractivity contribution in [3.8, 4) is 0 Å². The van der Waals surface area contributed by atoms with Crippen molar-refractivity contribution in [2.45, 2.75) is 51.0 Å². The first kappa shape index (κ1) is 19.2. The molecule has 0 unspecified atom stereocenters. The lowest BCUT2D eigenvalue weighted by atomic mass is 9.96. The molecule has 1 aromatic heterocycles. The molecule has 1 saturated heterocycles. The summed E-state index contributed by atoms with van der Waals surface area (Å²) in [6, 6.07) is 7.06. The summed E-state index contributed by atoms with van der Waals surface area (Å²) in [5.74, 6) is 0.991. The molecule has 1 aromatic carbocycles. The van der Waals surface area contributed by atoms with E-state index in [0.717, 1.165) is 43.0 Å². The van der Waals surface area contributed by atoms with E-state index < -0.39 is 0 Å². The maximum atomic E-state index is 5.48. The summed E-state index contributed by atoms with van der Waals surface area (Å²) < 4.78 is 5.48. The molecule has 1 aliphatic heterocycles. The van der Waals surface area contributed by atoms with Gasteiger partial charge in [-0.1, -0.05) is 32.1 Å². The molecule has 4 rings (SSSR count). The fourth-order valence-electron chi connectivity index (χ4n) is 3.97. The summed E-state index contributed by atoms with van der Waals surface area (Å²) in [5.41, 5.74) is 2.26. The highest BCUT2D eigenvalue weighted by atomic mass is 35.5. The number of hydrogen-bond acceptors (Lipinski definition) is 5. The van der Waals surface area contributed by atoms with Crippen molar-refractivity contribution in [2.24, 2.45) is 0 Å². The molecule has 1 aliphatic carbocycles. The second-order valence-corrected chi connectivity index (χ2v) is 7.21. The van der Waals surface area contributed by atoms with Crippen LogP contribution in [0.5, 0.6) is 0 Å². The minimum Gasteiger partial charge on any atom is -0.378 e. The van der Waals surface area contributed by atoms with E-state index in [4.69, 9.17) is 4.74 Å². The van der Waals surface area contributed by atoms with Crippen LogP contribution in [0.3, 0.4) is 0 Å². The Morgan fingerprint density at radius 2 is 1.69 bits per heavy atom. The molecule has 1 saturated carbocycles. The molecule has 142 valence electrons. The predicted molar refractivity (Wildman–Crippen MR) is 110 cm³/mol. The summed E-state index contributed by atoms with van der Waals surface area (Å²) in [6.45, 7) is 3.50. The Hall–Kier alpha value is -1.59. The van der Waals surface area contributed by atoms with Gasteiger partial charge in [-0.2, -0.15) is 0 Å². The zero-order valence-electron chi connectivity index (χ0n) is 15.3.